The van der Waals surface area contributed by atoms with Crippen LogP contribution in [-0.4, -0.2) is 39.7 Å². The van der Waals surface area contributed by atoms with E-state index in [0.29, 0.717) is 12.8 Å². The van der Waals surface area contributed by atoms with Gasteiger partial charge in [0.2, 0.25) is 0 Å². The maximum atomic E-state index is 13.1. The Kier molecular flexibility index (Phi) is 11.4. The zero-order valence-corrected chi connectivity index (χ0v) is 25.9. The molecule has 0 saturated heterocycles. The van der Waals surface area contributed by atoms with E-state index in [1.165, 1.54) is 16.7 Å². The van der Waals surface area contributed by atoms with Crippen molar-refractivity contribution in [1.29, 1.82) is 0 Å². The highest BCUT2D eigenvalue weighted by atomic mass is 16.5. The second-order valence-electron chi connectivity index (χ2n) is 12.3. The number of methoxy groups -OCH3 is 1. The van der Waals surface area contributed by atoms with Crippen LogP contribution in [0.5, 0.6) is 0 Å². The number of aliphatic hydroxyl groups excluding tert-OH is 1. The highest BCUT2D eigenvalue weighted by Crippen LogP contribution is 2.48. The van der Waals surface area contributed by atoms with Crippen LogP contribution in [0, 0.1) is 11.8 Å². The van der Waals surface area contributed by atoms with E-state index in [1.807, 2.05) is 6.07 Å². The van der Waals surface area contributed by atoms with Crippen molar-refractivity contribution in [1.82, 2.24) is 4.57 Å². The van der Waals surface area contributed by atoms with Crippen LogP contribution in [0.3, 0.4) is 0 Å². The van der Waals surface area contributed by atoms with Crippen LogP contribution < -0.4 is 0 Å². The zero-order valence-electron chi connectivity index (χ0n) is 25.9. The molecule has 6 heteroatoms. The van der Waals surface area contributed by atoms with Gasteiger partial charge in [0.05, 0.1) is 12.7 Å². The van der Waals surface area contributed by atoms with E-state index in [4.69, 9.17) is 4.74 Å². The topological polar surface area (TPSA) is 88.8 Å². The Morgan fingerprint density at radius 3 is 2.62 bits per heavy atom. The van der Waals surface area contributed by atoms with E-state index in [2.05, 4.69) is 67.8 Å². The smallest absolute Gasteiger partial charge is 0.303 e. The number of Topliss-reactive ketones (excluding diaryl/α,β-unsaturated/α-hetero) is 1. The number of ether oxygens (including phenoxy) is 1. The minimum absolute atomic E-state index is 0.0166. The van der Waals surface area contributed by atoms with Crippen LogP contribution in [0.25, 0.3) is 5.69 Å². The molecular formula is C36H49NO5. The summed E-state index contributed by atoms with van der Waals surface area (Å²) >= 11 is 0. The summed E-state index contributed by atoms with van der Waals surface area (Å²) in [6.07, 6.45) is 13.7. The lowest BCUT2D eigenvalue weighted by Gasteiger charge is -2.35. The number of rotatable bonds is 15. The number of benzene rings is 1. The van der Waals surface area contributed by atoms with Crippen LogP contribution in [0.1, 0.15) is 113 Å². The van der Waals surface area contributed by atoms with Gasteiger partial charge in [-0.25, -0.2) is 0 Å². The van der Waals surface area contributed by atoms with Gasteiger partial charge < -0.3 is 19.5 Å². The van der Waals surface area contributed by atoms with Crippen molar-refractivity contribution in [2.75, 3.05) is 7.11 Å². The SMILES string of the molecule is CCCC(CCCC(=O)CC[C@H]1CC(C2C=CC=C(C)C2OC)c2cc(CC)ccc2-n2c(CO)ccc21)CC(=O)O. The third-order valence-electron chi connectivity index (χ3n) is 9.46. The molecule has 2 heterocycles. The number of allylic oxidation sites excluding steroid dienone is 2. The average molecular weight is 576 g/mol. The number of aromatic nitrogens is 1. The summed E-state index contributed by atoms with van der Waals surface area (Å²) in [6, 6.07) is 10.9. The summed E-state index contributed by atoms with van der Waals surface area (Å²) in [4.78, 5) is 24.4. The second-order valence-corrected chi connectivity index (χ2v) is 12.3. The van der Waals surface area contributed by atoms with Gasteiger partial charge in [-0.05, 0) is 85.8 Å². The molecule has 0 bridgehead atoms. The number of hydrogen-bond donors (Lipinski definition) is 2. The summed E-state index contributed by atoms with van der Waals surface area (Å²) in [5, 5.41) is 19.5. The van der Waals surface area contributed by atoms with Crippen LogP contribution >= 0.6 is 0 Å². The molecule has 42 heavy (non-hydrogen) atoms. The summed E-state index contributed by atoms with van der Waals surface area (Å²) in [7, 11) is 1.79. The van der Waals surface area contributed by atoms with E-state index in [-0.39, 0.29) is 48.6 Å². The Morgan fingerprint density at radius 1 is 1.12 bits per heavy atom. The number of ketones is 1. The molecule has 1 aliphatic carbocycles. The van der Waals surface area contributed by atoms with Crippen molar-refractivity contribution < 1.29 is 24.5 Å². The highest BCUT2D eigenvalue weighted by molar-refractivity contribution is 5.78. The first-order valence-corrected chi connectivity index (χ1v) is 15.9. The molecule has 1 aliphatic heterocycles. The average Bonchev–Trinajstić information content (AvgIpc) is 3.35. The number of hydrogen-bond acceptors (Lipinski definition) is 4. The molecule has 5 atom stereocenters. The first kappa shape index (κ1) is 32.0. The van der Waals surface area contributed by atoms with Crippen molar-refractivity contribution in [2.24, 2.45) is 11.8 Å². The van der Waals surface area contributed by atoms with Crippen molar-refractivity contribution in [2.45, 2.75) is 110 Å². The molecule has 0 fully saturated rings. The summed E-state index contributed by atoms with van der Waals surface area (Å²) in [5.74, 6) is 0.135. The Hall–Kier alpha value is -2.96. The van der Waals surface area contributed by atoms with Gasteiger partial charge in [0.1, 0.15) is 5.78 Å². The van der Waals surface area contributed by atoms with Crippen LogP contribution in [0.4, 0.5) is 0 Å². The van der Waals surface area contributed by atoms with Crippen molar-refractivity contribution in [3.8, 4) is 5.69 Å². The number of carbonyl (C=O) groups excluding carboxylic acids is 1. The predicted octanol–water partition coefficient (Wildman–Crippen LogP) is 7.66. The molecule has 0 spiro atoms. The molecule has 2 N–H and O–H groups in total. The highest BCUT2D eigenvalue weighted by Gasteiger charge is 2.38. The van der Waals surface area contributed by atoms with E-state index in [9.17, 15) is 19.8 Å². The zero-order chi connectivity index (χ0) is 30.2. The Morgan fingerprint density at radius 2 is 1.93 bits per heavy atom. The molecule has 228 valence electrons. The number of carboxylic acids is 1. The van der Waals surface area contributed by atoms with Crippen LogP contribution in [-0.2, 0) is 27.4 Å². The normalized spacial score (nSPS) is 22.2. The molecule has 1 aromatic heterocycles. The van der Waals surface area contributed by atoms with E-state index < -0.39 is 5.97 Å². The largest absolute Gasteiger partial charge is 0.481 e. The lowest BCUT2D eigenvalue weighted by Crippen LogP contribution is -2.30. The summed E-state index contributed by atoms with van der Waals surface area (Å²) in [5.41, 5.74) is 6.93. The van der Waals surface area contributed by atoms with Gasteiger partial charge in [-0.3, -0.25) is 9.59 Å². The van der Waals surface area contributed by atoms with E-state index in [0.717, 1.165) is 62.0 Å². The molecule has 0 saturated carbocycles. The van der Waals surface area contributed by atoms with Gasteiger partial charge in [0, 0.05) is 55.3 Å². The molecule has 1 aromatic carbocycles. The standard InChI is InChI=1S/C36H49NO5/c1-5-9-26(21-35(40)41)11-8-12-29(39)17-15-27-22-31(30-13-7-10-24(3)36(30)42-4)32-20-25(6-2)14-18-34(32)37-28(23-38)16-19-33(27)37/h7,10,13-14,16,18-20,26-27,30-31,36,38H,5-6,8-9,11-12,15,17,21-23H2,1-4H3,(H,40,41)/t26?,27-,30?,31?,36?/m0/s1. The molecule has 4 rings (SSSR count). The van der Waals surface area contributed by atoms with Gasteiger partial charge >= 0.3 is 5.97 Å². The maximum absolute atomic E-state index is 13.1. The lowest BCUT2D eigenvalue weighted by molar-refractivity contribution is -0.138. The van der Waals surface area contributed by atoms with Gasteiger partial charge in [0.15, 0.2) is 0 Å². The van der Waals surface area contributed by atoms with Crippen molar-refractivity contribution in [3.63, 3.8) is 0 Å². The second kappa shape index (κ2) is 15.0. The number of carbonyl (C=O) groups is 2. The number of aryl methyl sites for hydroxylation is 1. The molecule has 0 radical (unpaired) electrons. The molecule has 0 amide bonds. The quantitative estimate of drug-likeness (QED) is 0.228. The molecule has 2 aliphatic rings. The van der Waals surface area contributed by atoms with Gasteiger partial charge in [-0.15, -0.1) is 0 Å². The molecule has 2 aromatic rings. The molecule has 6 nitrogen and oxygen atoms in total. The Labute approximate surface area is 251 Å². The van der Waals surface area contributed by atoms with E-state index >= 15 is 0 Å². The molecular weight excluding hydrogens is 526 g/mol. The lowest BCUT2D eigenvalue weighted by atomic mass is 9.73. The van der Waals surface area contributed by atoms with Crippen molar-refractivity contribution >= 4 is 11.8 Å². The first-order chi connectivity index (χ1) is 20.3. The minimum Gasteiger partial charge on any atom is -0.481 e. The molecule has 4 unspecified atom stereocenters. The fourth-order valence-electron chi connectivity index (χ4n) is 7.32. The first-order valence-electron chi connectivity index (χ1n) is 15.9. The van der Waals surface area contributed by atoms with Crippen molar-refractivity contribution in [3.05, 3.63) is 76.6 Å². The summed E-state index contributed by atoms with van der Waals surface area (Å²) in [6.45, 7) is 6.34. The Balaban J connectivity index is 1.60. The fourth-order valence-corrected chi connectivity index (χ4v) is 7.32. The monoisotopic (exact) mass is 575 g/mol. The maximum Gasteiger partial charge on any atom is 0.303 e. The van der Waals surface area contributed by atoms with Gasteiger partial charge in [-0.2, -0.15) is 0 Å². The Bertz CT molecular complexity index is 1290. The number of carboxylic acid groups (broad SMARTS) is 1. The number of aliphatic hydroxyl groups is 1. The fraction of sp³-hybridized carbons (Fsp3) is 0.556. The number of aliphatic carboxylic acids is 1. The number of nitrogens with zero attached hydrogens (tertiary/aromatic N) is 1. The van der Waals surface area contributed by atoms with Gasteiger partial charge in [-0.1, -0.05) is 57.0 Å². The minimum atomic E-state index is -0.755. The van der Waals surface area contributed by atoms with Crippen LogP contribution in [0.15, 0.2) is 54.1 Å². The van der Waals surface area contributed by atoms with Crippen LogP contribution in [0.2, 0.25) is 0 Å². The van der Waals surface area contributed by atoms with Gasteiger partial charge in [0.25, 0.3) is 0 Å². The predicted molar refractivity (Wildman–Crippen MR) is 167 cm³/mol. The number of fused-ring (bicyclic) bond motifs is 3. The van der Waals surface area contributed by atoms with E-state index in [1.54, 1.807) is 7.11 Å². The third-order valence-corrected chi connectivity index (χ3v) is 9.46. The summed E-state index contributed by atoms with van der Waals surface area (Å²) < 4.78 is 8.30. The third kappa shape index (κ3) is 7.33.